The number of nitrogens with zero attached hydrogens (tertiary/aromatic N) is 4. The molecule has 2 rings (SSSR count). The molecule has 0 saturated carbocycles. The largest absolute Gasteiger partial charge is 0.357 e. The molecule has 0 spiro atoms. The third-order valence-electron chi connectivity index (χ3n) is 5.04. The summed E-state index contributed by atoms with van der Waals surface area (Å²) in [4.78, 5) is 11.0. The van der Waals surface area contributed by atoms with Gasteiger partial charge in [-0.1, -0.05) is 26.7 Å². The maximum atomic E-state index is 13.0. The lowest BCUT2D eigenvalue weighted by Gasteiger charge is -2.34. The van der Waals surface area contributed by atoms with Crippen molar-refractivity contribution in [2.45, 2.75) is 65.6 Å². The predicted molar refractivity (Wildman–Crippen MR) is 105 cm³/mol. The minimum Gasteiger partial charge on any atom is -0.357 e. The Labute approximate surface area is 161 Å². The van der Waals surface area contributed by atoms with E-state index in [1.54, 1.807) is 0 Å². The van der Waals surface area contributed by atoms with Gasteiger partial charge in [-0.25, -0.2) is 9.98 Å². The normalized spacial score (nSPS) is 18.0. The Balaban J connectivity index is 1.99. The Morgan fingerprint density at radius 3 is 2.48 bits per heavy atom. The van der Waals surface area contributed by atoms with Crippen LogP contribution in [0.25, 0.3) is 0 Å². The number of nitrogens with one attached hydrogen (secondary N) is 2. The van der Waals surface area contributed by atoms with E-state index in [0.29, 0.717) is 24.5 Å². The monoisotopic (exact) mass is 384 g/mol. The Morgan fingerprint density at radius 1 is 1.19 bits per heavy atom. The summed E-state index contributed by atoms with van der Waals surface area (Å²) in [5.74, 6) is 1.42. The van der Waals surface area contributed by atoms with Crippen LogP contribution in [0, 0.1) is 5.92 Å². The number of imidazole rings is 1. The van der Waals surface area contributed by atoms with Gasteiger partial charge in [0.1, 0.15) is 12.4 Å². The molecule has 1 aliphatic rings. The second-order valence-electron chi connectivity index (χ2n) is 7.37. The van der Waals surface area contributed by atoms with Crippen LogP contribution in [0.2, 0.25) is 0 Å². The van der Waals surface area contributed by atoms with E-state index in [0.717, 1.165) is 24.2 Å². The van der Waals surface area contributed by atoms with Crippen molar-refractivity contribution in [2.75, 3.05) is 26.2 Å². The number of halogens is 2. The van der Waals surface area contributed by atoms with E-state index in [1.165, 1.54) is 38.1 Å². The molecular weight excluding hydrogens is 350 g/mol. The first-order valence-electron chi connectivity index (χ1n) is 10.1. The molecule has 154 valence electrons. The molecule has 8 heteroatoms. The number of alkyl halides is 2. The fourth-order valence-corrected chi connectivity index (χ4v) is 3.55. The van der Waals surface area contributed by atoms with Crippen LogP contribution in [0.4, 0.5) is 8.78 Å². The molecule has 0 aliphatic carbocycles. The number of likely N-dealkylation sites (tertiary alicyclic amines) is 1. The zero-order valence-corrected chi connectivity index (χ0v) is 16.8. The minimum atomic E-state index is -2.60. The van der Waals surface area contributed by atoms with Crippen molar-refractivity contribution in [1.29, 1.82) is 0 Å². The van der Waals surface area contributed by atoms with Gasteiger partial charge in [0, 0.05) is 31.5 Å². The van der Waals surface area contributed by atoms with E-state index >= 15 is 0 Å². The summed E-state index contributed by atoms with van der Waals surface area (Å²) in [5.41, 5.74) is 0. The fraction of sp³-hybridized carbons (Fsp3) is 0.789. The second-order valence-corrected chi connectivity index (χ2v) is 7.37. The zero-order valence-electron chi connectivity index (χ0n) is 16.8. The summed E-state index contributed by atoms with van der Waals surface area (Å²) in [6, 6.07) is 0.426. The summed E-state index contributed by atoms with van der Waals surface area (Å²) in [6.45, 7) is 7.80. The molecule has 27 heavy (non-hydrogen) atoms. The quantitative estimate of drug-likeness (QED) is 0.534. The average Bonchev–Trinajstić information content (AvgIpc) is 2.95. The molecule has 1 aromatic heterocycles. The molecule has 1 aliphatic heterocycles. The molecule has 0 aromatic carbocycles. The van der Waals surface area contributed by atoms with Gasteiger partial charge < -0.3 is 10.6 Å². The van der Waals surface area contributed by atoms with Gasteiger partial charge in [0.05, 0.1) is 0 Å². The van der Waals surface area contributed by atoms with Gasteiger partial charge in [-0.2, -0.15) is 8.78 Å². The molecule has 2 heterocycles. The van der Waals surface area contributed by atoms with Gasteiger partial charge in [-0.05, 0) is 38.8 Å². The van der Waals surface area contributed by atoms with Crippen molar-refractivity contribution in [2.24, 2.45) is 10.9 Å². The van der Waals surface area contributed by atoms with Gasteiger partial charge in [0.25, 0.3) is 0 Å². The van der Waals surface area contributed by atoms with Crippen molar-refractivity contribution < 1.29 is 8.78 Å². The van der Waals surface area contributed by atoms with Gasteiger partial charge in [-0.3, -0.25) is 9.47 Å². The highest BCUT2D eigenvalue weighted by Gasteiger charge is 2.23. The van der Waals surface area contributed by atoms with E-state index in [2.05, 4.69) is 39.4 Å². The van der Waals surface area contributed by atoms with Crippen molar-refractivity contribution >= 4 is 5.96 Å². The Kier molecular flexibility index (Phi) is 8.97. The molecule has 0 amide bonds. The van der Waals surface area contributed by atoms with Gasteiger partial charge in [0.2, 0.25) is 0 Å². The lowest BCUT2D eigenvalue weighted by molar-refractivity contribution is 0.0671. The van der Waals surface area contributed by atoms with Crippen molar-refractivity contribution in [3.8, 4) is 0 Å². The first kappa shape index (κ1) is 21.6. The van der Waals surface area contributed by atoms with Crippen LogP contribution in [-0.2, 0) is 6.54 Å². The zero-order chi connectivity index (χ0) is 19.6. The van der Waals surface area contributed by atoms with Crippen LogP contribution in [0.1, 0.15) is 58.8 Å². The minimum absolute atomic E-state index is 0.114. The number of hydrogen-bond acceptors (Lipinski definition) is 3. The highest BCUT2D eigenvalue weighted by molar-refractivity contribution is 5.79. The standard InChI is InChI=1S/C19H34F2N6/c1-4-22-19(25-14-17-23-9-12-27(17)18(20)21)24-13-16(15(2)3)26-10-7-5-6-8-11-26/h9,12,15-16,18H,4-8,10-11,13-14H2,1-3H3,(H2,22,24,25). The Morgan fingerprint density at radius 2 is 1.89 bits per heavy atom. The molecule has 6 nitrogen and oxygen atoms in total. The number of guanidine groups is 1. The van der Waals surface area contributed by atoms with Crippen LogP contribution in [-0.4, -0.2) is 52.6 Å². The van der Waals surface area contributed by atoms with E-state index in [9.17, 15) is 8.78 Å². The third kappa shape index (κ3) is 6.75. The Bertz CT molecular complexity index is 564. The van der Waals surface area contributed by atoms with Crippen LogP contribution >= 0.6 is 0 Å². The highest BCUT2D eigenvalue weighted by atomic mass is 19.3. The third-order valence-corrected chi connectivity index (χ3v) is 5.04. The Hall–Kier alpha value is -1.70. The summed E-state index contributed by atoms with van der Waals surface area (Å²) >= 11 is 0. The number of rotatable bonds is 8. The van der Waals surface area contributed by atoms with Crippen LogP contribution in [0.15, 0.2) is 17.4 Å². The smallest absolute Gasteiger partial charge is 0.319 e. The summed E-state index contributed by atoms with van der Waals surface area (Å²) in [6.07, 6.45) is 7.81. The van der Waals surface area contributed by atoms with E-state index < -0.39 is 6.55 Å². The molecule has 1 unspecified atom stereocenters. The van der Waals surface area contributed by atoms with Gasteiger partial charge in [0.15, 0.2) is 5.96 Å². The maximum Gasteiger partial charge on any atom is 0.319 e. The van der Waals surface area contributed by atoms with Crippen LogP contribution in [0.3, 0.4) is 0 Å². The SMILES string of the molecule is CCNC(=NCc1nccn1C(F)F)NCC(C(C)C)N1CCCCCC1. The van der Waals surface area contributed by atoms with E-state index in [-0.39, 0.29) is 12.4 Å². The molecular formula is C19H34F2N6. The molecule has 0 radical (unpaired) electrons. The molecule has 1 fully saturated rings. The first-order valence-corrected chi connectivity index (χ1v) is 10.1. The van der Waals surface area contributed by atoms with E-state index in [1.807, 2.05) is 6.92 Å². The molecule has 2 N–H and O–H groups in total. The lowest BCUT2D eigenvalue weighted by atomic mass is 10.0. The highest BCUT2D eigenvalue weighted by Crippen LogP contribution is 2.17. The summed E-state index contributed by atoms with van der Waals surface area (Å²) in [5, 5.41) is 6.60. The molecule has 1 saturated heterocycles. The van der Waals surface area contributed by atoms with Crippen molar-refractivity contribution in [3.63, 3.8) is 0 Å². The van der Waals surface area contributed by atoms with Crippen molar-refractivity contribution in [3.05, 3.63) is 18.2 Å². The first-order chi connectivity index (χ1) is 13.0. The van der Waals surface area contributed by atoms with Gasteiger partial charge in [-0.15, -0.1) is 0 Å². The lowest BCUT2D eigenvalue weighted by Crippen LogP contribution is -2.49. The van der Waals surface area contributed by atoms with Gasteiger partial charge >= 0.3 is 6.55 Å². The van der Waals surface area contributed by atoms with E-state index in [4.69, 9.17) is 0 Å². The fourth-order valence-electron chi connectivity index (χ4n) is 3.55. The molecule has 1 atom stereocenters. The van der Waals surface area contributed by atoms with Crippen LogP contribution in [0.5, 0.6) is 0 Å². The molecule has 1 aromatic rings. The average molecular weight is 385 g/mol. The van der Waals surface area contributed by atoms with Crippen LogP contribution < -0.4 is 10.6 Å². The number of aromatic nitrogens is 2. The molecule has 0 bridgehead atoms. The maximum absolute atomic E-state index is 13.0. The van der Waals surface area contributed by atoms with Crippen molar-refractivity contribution in [1.82, 2.24) is 25.1 Å². The number of hydrogen-bond donors (Lipinski definition) is 2. The number of aliphatic imine (C=N–C) groups is 1. The predicted octanol–water partition coefficient (Wildman–Crippen LogP) is 3.23. The second kappa shape index (κ2) is 11.2. The topological polar surface area (TPSA) is 57.5 Å². The summed E-state index contributed by atoms with van der Waals surface area (Å²) < 4.78 is 26.8. The summed E-state index contributed by atoms with van der Waals surface area (Å²) in [7, 11) is 0.